The molecular formula is C12H19N3O4. The molecule has 0 aliphatic carbocycles. The van der Waals surface area contributed by atoms with Crippen LogP contribution in [0.25, 0.3) is 0 Å². The molecule has 1 aromatic heterocycles. The van der Waals surface area contributed by atoms with Gasteiger partial charge in [0, 0.05) is 6.54 Å². The maximum absolute atomic E-state index is 11.6. The Labute approximate surface area is 111 Å². The maximum Gasteiger partial charge on any atom is 0.315 e. The Bertz CT molecular complexity index is 444. The number of aromatic nitrogens is 1. The Kier molecular flexibility index (Phi) is 5.35. The first kappa shape index (κ1) is 15.0. The summed E-state index contributed by atoms with van der Waals surface area (Å²) in [5.74, 6) is -0.414. The van der Waals surface area contributed by atoms with E-state index in [1.165, 1.54) is 0 Å². The highest BCUT2D eigenvalue weighted by Gasteiger charge is 2.18. The van der Waals surface area contributed by atoms with Crippen molar-refractivity contribution in [2.45, 2.75) is 33.2 Å². The smallest absolute Gasteiger partial charge is 0.315 e. The fraction of sp³-hybridized carbons (Fsp3) is 0.583. The number of aryl methyl sites for hydroxylation is 1. The lowest BCUT2D eigenvalue weighted by atomic mass is 10.1. The molecule has 7 nitrogen and oxygen atoms in total. The van der Waals surface area contributed by atoms with E-state index in [9.17, 15) is 9.59 Å². The molecular weight excluding hydrogens is 250 g/mol. The van der Waals surface area contributed by atoms with Crippen molar-refractivity contribution in [3.63, 3.8) is 0 Å². The van der Waals surface area contributed by atoms with Gasteiger partial charge in [-0.2, -0.15) is 0 Å². The van der Waals surface area contributed by atoms with Crippen LogP contribution in [0, 0.1) is 12.8 Å². The Hall–Kier alpha value is -2.05. The summed E-state index contributed by atoms with van der Waals surface area (Å²) in [6, 6.07) is -0.818. The molecule has 2 unspecified atom stereocenters. The first-order chi connectivity index (χ1) is 8.93. The van der Waals surface area contributed by atoms with Crippen LogP contribution in [0.3, 0.4) is 0 Å². The highest BCUT2D eigenvalue weighted by Crippen LogP contribution is 2.11. The number of carbonyl (C=O) groups is 2. The van der Waals surface area contributed by atoms with Gasteiger partial charge in [0.05, 0.1) is 12.1 Å². The minimum absolute atomic E-state index is 0.0923. The zero-order chi connectivity index (χ0) is 14.4. The molecule has 1 heterocycles. The van der Waals surface area contributed by atoms with E-state index in [1.54, 1.807) is 27.0 Å². The Morgan fingerprint density at radius 3 is 2.68 bits per heavy atom. The zero-order valence-electron chi connectivity index (χ0n) is 11.3. The van der Waals surface area contributed by atoms with Crippen LogP contribution in [0.2, 0.25) is 0 Å². The number of hydrogen-bond donors (Lipinski definition) is 3. The maximum atomic E-state index is 11.6. The first-order valence-electron chi connectivity index (χ1n) is 6.13. The Balaban J connectivity index is 2.41. The number of nitrogens with one attached hydrogen (secondary N) is 2. The number of rotatable bonds is 6. The van der Waals surface area contributed by atoms with E-state index >= 15 is 0 Å². The number of urea groups is 1. The van der Waals surface area contributed by atoms with Crippen molar-refractivity contribution in [3.05, 3.63) is 17.8 Å². The van der Waals surface area contributed by atoms with Crippen molar-refractivity contribution >= 4 is 12.0 Å². The van der Waals surface area contributed by atoms with E-state index < -0.39 is 17.9 Å². The summed E-state index contributed by atoms with van der Waals surface area (Å²) in [7, 11) is 0. The largest absolute Gasteiger partial charge is 0.481 e. The topological polar surface area (TPSA) is 104 Å². The molecule has 106 valence electrons. The van der Waals surface area contributed by atoms with Crippen LogP contribution < -0.4 is 10.6 Å². The molecule has 0 aliphatic rings. The van der Waals surface area contributed by atoms with Gasteiger partial charge in [0.1, 0.15) is 11.8 Å². The number of amides is 2. The van der Waals surface area contributed by atoms with Crippen molar-refractivity contribution in [1.82, 2.24) is 15.6 Å². The summed E-state index contributed by atoms with van der Waals surface area (Å²) in [6.07, 6.45) is 2.03. The molecule has 0 saturated carbocycles. The van der Waals surface area contributed by atoms with Crippen molar-refractivity contribution < 1.29 is 19.1 Å². The molecule has 1 rings (SSSR count). The fourth-order valence-corrected chi connectivity index (χ4v) is 1.50. The van der Waals surface area contributed by atoms with Crippen LogP contribution >= 0.6 is 0 Å². The van der Waals surface area contributed by atoms with Crippen LogP contribution in [0.1, 0.15) is 38.0 Å². The average molecular weight is 269 g/mol. The van der Waals surface area contributed by atoms with Crippen LogP contribution in [0.15, 0.2) is 10.6 Å². The molecule has 0 radical (unpaired) electrons. The summed E-state index contributed by atoms with van der Waals surface area (Å²) in [6.45, 7) is 5.35. The molecule has 1 aromatic rings. The van der Waals surface area contributed by atoms with Gasteiger partial charge < -0.3 is 20.2 Å². The quantitative estimate of drug-likeness (QED) is 0.725. The van der Waals surface area contributed by atoms with Crippen LogP contribution in [0.5, 0.6) is 0 Å². The number of carbonyl (C=O) groups excluding carboxylic acids is 1. The summed E-state index contributed by atoms with van der Waals surface area (Å²) in [4.78, 5) is 26.4. The number of hydrogen-bond acceptors (Lipinski definition) is 4. The van der Waals surface area contributed by atoms with E-state index in [2.05, 4.69) is 15.6 Å². The lowest BCUT2D eigenvalue weighted by Gasteiger charge is -2.14. The van der Waals surface area contributed by atoms with E-state index in [-0.39, 0.29) is 12.6 Å². The minimum atomic E-state index is -0.917. The monoisotopic (exact) mass is 269 g/mol. The second-order valence-electron chi connectivity index (χ2n) is 4.33. The third kappa shape index (κ3) is 4.61. The molecule has 2 amide bonds. The number of carboxylic acids is 1. The lowest BCUT2D eigenvalue weighted by Crippen LogP contribution is -2.40. The molecule has 0 spiro atoms. The van der Waals surface area contributed by atoms with Gasteiger partial charge in [-0.05, 0) is 20.3 Å². The summed E-state index contributed by atoms with van der Waals surface area (Å²) >= 11 is 0. The molecule has 0 aliphatic heterocycles. The molecule has 0 fully saturated rings. The molecule has 0 bridgehead atoms. The van der Waals surface area contributed by atoms with Gasteiger partial charge in [0.25, 0.3) is 0 Å². The molecule has 0 saturated heterocycles. The predicted octanol–water partition coefficient (Wildman–Crippen LogP) is 1.45. The summed E-state index contributed by atoms with van der Waals surface area (Å²) < 4.78 is 5.28. The Morgan fingerprint density at radius 1 is 1.53 bits per heavy atom. The predicted molar refractivity (Wildman–Crippen MR) is 67.6 cm³/mol. The van der Waals surface area contributed by atoms with E-state index in [1.807, 2.05) is 0 Å². The standard InChI is InChI=1S/C12H19N3O4/c1-4-9(11(16)17)6-14-12(18)15-8(3)10-13-5-7(2)19-10/h5,8-9H,4,6H2,1-3H3,(H,16,17)(H2,14,15,18). The van der Waals surface area contributed by atoms with Gasteiger partial charge in [-0.25, -0.2) is 9.78 Å². The van der Waals surface area contributed by atoms with Crippen LogP contribution in [-0.4, -0.2) is 28.6 Å². The van der Waals surface area contributed by atoms with Gasteiger partial charge in [0.15, 0.2) is 0 Å². The van der Waals surface area contributed by atoms with Crippen LogP contribution in [-0.2, 0) is 4.79 Å². The second-order valence-corrected chi connectivity index (χ2v) is 4.33. The first-order valence-corrected chi connectivity index (χ1v) is 6.13. The third-order valence-electron chi connectivity index (χ3n) is 2.71. The Morgan fingerprint density at radius 2 is 2.21 bits per heavy atom. The molecule has 2 atom stereocenters. The molecule has 19 heavy (non-hydrogen) atoms. The summed E-state index contributed by atoms with van der Waals surface area (Å²) in [5, 5.41) is 14.0. The third-order valence-corrected chi connectivity index (χ3v) is 2.71. The minimum Gasteiger partial charge on any atom is -0.481 e. The highest BCUT2D eigenvalue weighted by atomic mass is 16.4. The van der Waals surface area contributed by atoms with Gasteiger partial charge in [-0.15, -0.1) is 0 Å². The molecule has 7 heteroatoms. The zero-order valence-corrected chi connectivity index (χ0v) is 11.3. The highest BCUT2D eigenvalue weighted by molar-refractivity contribution is 5.76. The second kappa shape index (κ2) is 6.77. The number of nitrogens with zero attached hydrogens (tertiary/aromatic N) is 1. The van der Waals surface area contributed by atoms with Crippen LogP contribution in [0.4, 0.5) is 4.79 Å². The van der Waals surface area contributed by atoms with Crippen molar-refractivity contribution in [3.8, 4) is 0 Å². The van der Waals surface area contributed by atoms with Gasteiger partial charge in [-0.3, -0.25) is 4.79 Å². The molecule has 0 aromatic carbocycles. The van der Waals surface area contributed by atoms with Gasteiger partial charge in [0.2, 0.25) is 5.89 Å². The number of oxazole rings is 1. The van der Waals surface area contributed by atoms with Gasteiger partial charge in [-0.1, -0.05) is 6.92 Å². The van der Waals surface area contributed by atoms with Gasteiger partial charge >= 0.3 is 12.0 Å². The van der Waals surface area contributed by atoms with Crippen molar-refractivity contribution in [1.29, 1.82) is 0 Å². The number of carboxylic acid groups (broad SMARTS) is 1. The average Bonchev–Trinajstić information content (AvgIpc) is 2.76. The normalized spacial score (nSPS) is 13.6. The fourth-order valence-electron chi connectivity index (χ4n) is 1.50. The van der Waals surface area contributed by atoms with Crippen molar-refractivity contribution in [2.75, 3.05) is 6.54 Å². The van der Waals surface area contributed by atoms with Crippen molar-refractivity contribution in [2.24, 2.45) is 5.92 Å². The SMILES string of the molecule is CCC(CNC(=O)NC(C)c1ncc(C)o1)C(=O)O. The van der Waals surface area contributed by atoms with E-state index in [4.69, 9.17) is 9.52 Å². The summed E-state index contributed by atoms with van der Waals surface area (Å²) in [5.41, 5.74) is 0. The van der Waals surface area contributed by atoms with E-state index in [0.717, 1.165) is 0 Å². The molecule has 3 N–H and O–H groups in total. The van der Waals surface area contributed by atoms with E-state index in [0.29, 0.717) is 18.1 Å². The number of aliphatic carboxylic acids is 1. The lowest BCUT2D eigenvalue weighted by molar-refractivity contribution is -0.141.